The van der Waals surface area contributed by atoms with E-state index in [0.717, 1.165) is 25.6 Å². The highest BCUT2D eigenvalue weighted by Crippen LogP contribution is 2.24. The van der Waals surface area contributed by atoms with Gasteiger partial charge in [0.1, 0.15) is 0 Å². The van der Waals surface area contributed by atoms with Crippen LogP contribution in [-0.4, -0.2) is 54.0 Å². The molecule has 2 unspecified atom stereocenters. The van der Waals surface area contributed by atoms with Gasteiger partial charge in [-0.2, -0.15) is 0 Å². The van der Waals surface area contributed by atoms with Gasteiger partial charge in [0.15, 0.2) is 0 Å². The topological polar surface area (TPSA) is 56.9 Å². The molecule has 0 radical (unpaired) electrons. The van der Waals surface area contributed by atoms with E-state index in [9.17, 15) is 0 Å². The van der Waals surface area contributed by atoms with Gasteiger partial charge < -0.3 is 4.90 Å². The van der Waals surface area contributed by atoms with E-state index < -0.39 is 0 Å². The molecule has 3 N–H and O–H groups in total. The summed E-state index contributed by atoms with van der Waals surface area (Å²) in [5, 5.41) is 0. The van der Waals surface area contributed by atoms with Crippen LogP contribution in [0.4, 0.5) is 0 Å². The summed E-state index contributed by atoms with van der Waals surface area (Å²) in [6.45, 7) is 10.9. The molecule has 0 aromatic heterocycles. The minimum atomic E-state index is 0.487. The van der Waals surface area contributed by atoms with Crippen LogP contribution in [0.5, 0.6) is 0 Å². The lowest BCUT2D eigenvalue weighted by molar-refractivity contribution is 0.106. The molecule has 0 aromatic rings. The Morgan fingerprint density at radius 3 is 2.89 bits per heavy atom. The number of hydrogen-bond donors (Lipinski definition) is 2. The first-order valence-corrected chi connectivity index (χ1v) is 7.13. The maximum Gasteiger partial charge on any atom is 0.208 e. The van der Waals surface area contributed by atoms with Gasteiger partial charge in [0.2, 0.25) is 5.96 Å². The zero-order valence-corrected chi connectivity index (χ0v) is 11.9. The first-order chi connectivity index (χ1) is 8.61. The second kappa shape index (κ2) is 5.89. The van der Waals surface area contributed by atoms with Crippen molar-refractivity contribution in [2.75, 3.05) is 26.2 Å². The molecule has 18 heavy (non-hydrogen) atoms. The second-order valence-corrected chi connectivity index (χ2v) is 5.99. The normalized spacial score (nSPS) is 29.8. The van der Waals surface area contributed by atoms with Crippen molar-refractivity contribution in [3.05, 3.63) is 0 Å². The molecule has 0 aromatic carbocycles. The molecule has 5 heteroatoms. The Labute approximate surface area is 110 Å². The van der Waals surface area contributed by atoms with E-state index >= 15 is 0 Å². The molecular weight excluding hydrogens is 226 g/mol. The van der Waals surface area contributed by atoms with E-state index in [0.29, 0.717) is 18.0 Å². The van der Waals surface area contributed by atoms with Crippen molar-refractivity contribution in [1.82, 2.24) is 15.2 Å². The minimum absolute atomic E-state index is 0.487. The largest absolute Gasteiger partial charge is 0.336 e. The molecule has 0 bridgehead atoms. The van der Waals surface area contributed by atoms with Gasteiger partial charge in [-0.3, -0.25) is 15.3 Å². The van der Waals surface area contributed by atoms with Crippen molar-refractivity contribution in [3.63, 3.8) is 0 Å². The fourth-order valence-electron chi connectivity index (χ4n) is 2.97. The summed E-state index contributed by atoms with van der Waals surface area (Å²) in [5.41, 5.74) is 2.79. The Morgan fingerprint density at radius 1 is 1.44 bits per heavy atom. The van der Waals surface area contributed by atoms with Gasteiger partial charge in [-0.05, 0) is 32.2 Å². The molecule has 2 heterocycles. The third-order valence-electron chi connectivity index (χ3n) is 3.94. The summed E-state index contributed by atoms with van der Waals surface area (Å²) in [5.74, 6) is 7.08. The molecule has 0 spiro atoms. The van der Waals surface area contributed by atoms with Gasteiger partial charge >= 0.3 is 0 Å². The van der Waals surface area contributed by atoms with E-state index in [-0.39, 0.29) is 0 Å². The quantitative estimate of drug-likeness (QED) is 0.328. The van der Waals surface area contributed by atoms with Crippen LogP contribution in [0.2, 0.25) is 0 Å². The Bertz CT molecular complexity index is 302. The standard InChI is InChI=1S/C13H27N5/c1-10(2)7-15-13(16-14)18-9-12-5-4-6-17(12)8-11(18)3/h10-12H,4-9,14H2,1-3H3,(H,15,16). The van der Waals surface area contributed by atoms with Crippen molar-refractivity contribution >= 4 is 5.96 Å². The fourth-order valence-corrected chi connectivity index (χ4v) is 2.97. The lowest BCUT2D eigenvalue weighted by atomic mass is 10.1. The van der Waals surface area contributed by atoms with Crippen LogP contribution in [0.25, 0.3) is 0 Å². The molecule has 0 saturated carbocycles. The number of rotatable bonds is 2. The summed E-state index contributed by atoms with van der Waals surface area (Å²) in [6, 6.07) is 1.18. The predicted octanol–water partition coefficient (Wildman–Crippen LogP) is 0.630. The molecular formula is C13H27N5. The Morgan fingerprint density at radius 2 is 2.22 bits per heavy atom. The van der Waals surface area contributed by atoms with Crippen LogP contribution < -0.4 is 11.3 Å². The van der Waals surface area contributed by atoms with Gasteiger partial charge in [-0.25, -0.2) is 5.84 Å². The van der Waals surface area contributed by atoms with Crippen LogP contribution in [-0.2, 0) is 0 Å². The molecule has 2 atom stereocenters. The average Bonchev–Trinajstić information content (AvgIpc) is 2.76. The molecule has 104 valence electrons. The summed E-state index contributed by atoms with van der Waals surface area (Å²) in [7, 11) is 0. The second-order valence-electron chi connectivity index (χ2n) is 5.99. The SMILES string of the molecule is CC(C)CN=C(NN)N1CC2CCCN2CC1C. The summed E-state index contributed by atoms with van der Waals surface area (Å²) in [6.07, 6.45) is 2.64. The Hall–Kier alpha value is -0.810. The van der Waals surface area contributed by atoms with Crippen LogP contribution in [0.3, 0.4) is 0 Å². The lowest BCUT2D eigenvalue weighted by Crippen LogP contribution is -2.60. The highest BCUT2D eigenvalue weighted by Gasteiger charge is 2.35. The van der Waals surface area contributed by atoms with Gasteiger partial charge in [0.25, 0.3) is 0 Å². The molecule has 5 nitrogen and oxygen atoms in total. The van der Waals surface area contributed by atoms with E-state index in [1.165, 1.54) is 19.4 Å². The number of nitrogens with two attached hydrogens (primary N) is 1. The maximum atomic E-state index is 5.65. The van der Waals surface area contributed by atoms with Crippen molar-refractivity contribution in [2.24, 2.45) is 16.8 Å². The number of hydrazine groups is 1. The fraction of sp³-hybridized carbons (Fsp3) is 0.923. The van der Waals surface area contributed by atoms with E-state index in [1.807, 2.05) is 0 Å². The number of hydrogen-bond acceptors (Lipinski definition) is 3. The maximum absolute atomic E-state index is 5.65. The van der Waals surface area contributed by atoms with Crippen LogP contribution in [0.1, 0.15) is 33.6 Å². The summed E-state index contributed by atoms with van der Waals surface area (Å²) < 4.78 is 0. The molecule has 2 rings (SSSR count). The smallest absolute Gasteiger partial charge is 0.208 e. The average molecular weight is 253 g/mol. The number of nitrogens with one attached hydrogen (secondary N) is 1. The monoisotopic (exact) mass is 253 g/mol. The van der Waals surface area contributed by atoms with E-state index in [2.05, 4.69) is 41.0 Å². The van der Waals surface area contributed by atoms with E-state index in [1.54, 1.807) is 0 Å². The molecule has 0 amide bonds. The van der Waals surface area contributed by atoms with Crippen molar-refractivity contribution in [3.8, 4) is 0 Å². The number of fused-ring (bicyclic) bond motifs is 1. The molecule has 2 fully saturated rings. The first kappa shape index (κ1) is 13.6. The van der Waals surface area contributed by atoms with Crippen LogP contribution in [0, 0.1) is 5.92 Å². The highest BCUT2D eigenvalue weighted by molar-refractivity contribution is 5.80. The Kier molecular flexibility index (Phi) is 4.45. The number of guanidine groups is 1. The number of aliphatic imine (C=N–C) groups is 1. The Balaban J connectivity index is 2.03. The zero-order valence-electron chi connectivity index (χ0n) is 11.9. The third-order valence-corrected chi connectivity index (χ3v) is 3.94. The van der Waals surface area contributed by atoms with Crippen molar-refractivity contribution in [2.45, 2.75) is 45.7 Å². The predicted molar refractivity (Wildman–Crippen MR) is 75.2 cm³/mol. The highest BCUT2D eigenvalue weighted by atomic mass is 15.4. The molecule has 0 aliphatic carbocycles. The van der Waals surface area contributed by atoms with Crippen LogP contribution >= 0.6 is 0 Å². The van der Waals surface area contributed by atoms with Gasteiger partial charge in [-0.1, -0.05) is 13.8 Å². The van der Waals surface area contributed by atoms with Gasteiger partial charge in [0, 0.05) is 31.7 Å². The number of piperazine rings is 1. The third kappa shape index (κ3) is 2.95. The summed E-state index contributed by atoms with van der Waals surface area (Å²) in [4.78, 5) is 9.57. The molecule has 2 aliphatic heterocycles. The van der Waals surface area contributed by atoms with Crippen molar-refractivity contribution in [1.29, 1.82) is 0 Å². The first-order valence-electron chi connectivity index (χ1n) is 7.13. The van der Waals surface area contributed by atoms with Gasteiger partial charge in [0.05, 0.1) is 0 Å². The van der Waals surface area contributed by atoms with Gasteiger partial charge in [-0.15, -0.1) is 0 Å². The lowest BCUT2D eigenvalue weighted by Gasteiger charge is -2.43. The zero-order chi connectivity index (χ0) is 13.1. The van der Waals surface area contributed by atoms with E-state index in [4.69, 9.17) is 5.84 Å². The number of nitrogens with zero attached hydrogens (tertiary/aromatic N) is 3. The minimum Gasteiger partial charge on any atom is -0.336 e. The summed E-state index contributed by atoms with van der Waals surface area (Å²) >= 11 is 0. The van der Waals surface area contributed by atoms with Crippen LogP contribution in [0.15, 0.2) is 4.99 Å². The molecule has 2 saturated heterocycles. The van der Waals surface area contributed by atoms with Crippen molar-refractivity contribution < 1.29 is 0 Å². The molecule has 2 aliphatic rings.